The largest absolute Gasteiger partial charge is 0.372 e. The zero-order valence-corrected chi connectivity index (χ0v) is 14.4. The number of nitrogens with one attached hydrogen (secondary N) is 2. The maximum Gasteiger partial charge on any atom is 0.317 e. The Bertz CT molecular complexity index is 388. The second-order valence-corrected chi connectivity index (χ2v) is 8.48. The van der Waals surface area contributed by atoms with Gasteiger partial charge in [0.25, 0.3) is 0 Å². The highest BCUT2D eigenvalue weighted by Crippen LogP contribution is 2.28. The molecular formula is C16H31N3O2. The van der Waals surface area contributed by atoms with E-state index in [4.69, 9.17) is 4.74 Å². The van der Waals surface area contributed by atoms with Gasteiger partial charge in [-0.2, -0.15) is 0 Å². The number of hydrogen-bond donors (Lipinski definition) is 2. The Kier molecular flexibility index (Phi) is 4.28. The second-order valence-electron chi connectivity index (χ2n) is 8.48. The summed E-state index contributed by atoms with van der Waals surface area (Å²) < 4.78 is 5.67. The molecular weight excluding hydrogens is 266 g/mol. The van der Waals surface area contributed by atoms with E-state index in [1.54, 1.807) is 0 Å². The van der Waals surface area contributed by atoms with Crippen molar-refractivity contribution in [3.05, 3.63) is 0 Å². The molecule has 0 aliphatic carbocycles. The van der Waals surface area contributed by atoms with Crippen molar-refractivity contribution in [1.29, 1.82) is 0 Å². The zero-order valence-electron chi connectivity index (χ0n) is 14.4. The number of carbonyl (C=O) groups excluding carboxylic acids is 1. The van der Waals surface area contributed by atoms with Gasteiger partial charge in [0, 0.05) is 23.7 Å². The van der Waals surface area contributed by atoms with Gasteiger partial charge in [0.05, 0.1) is 18.8 Å². The first-order valence-electron chi connectivity index (χ1n) is 7.97. The van der Waals surface area contributed by atoms with E-state index < -0.39 is 0 Å². The number of rotatable bonds is 1. The van der Waals surface area contributed by atoms with Crippen LogP contribution in [0.1, 0.15) is 54.4 Å². The number of amides is 2. The molecule has 2 heterocycles. The maximum atomic E-state index is 12.5. The minimum Gasteiger partial charge on any atom is -0.372 e. The number of piperidine rings is 1. The fraction of sp³-hybridized carbons (Fsp3) is 0.938. The molecule has 2 N–H and O–H groups in total. The summed E-state index contributed by atoms with van der Waals surface area (Å²) in [4.78, 5) is 14.4. The van der Waals surface area contributed by atoms with E-state index in [9.17, 15) is 4.79 Å². The molecule has 0 unspecified atom stereocenters. The van der Waals surface area contributed by atoms with Gasteiger partial charge in [-0.25, -0.2) is 4.79 Å². The van der Waals surface area contributed by atoms with Crippen molar-refractivity contribution in [3.8, 4) is 0 Å². The Labute approximate surface area is 128 Å². The quantitative estimate of drug-likeness (QED) is 0.779. The van der Waals surface area contributed by atoms with Gasteiger partial charge in [-0.1, -0.05) is 0 Å². The first-order valence-corrected chi connectivity index (χ1v) is 7.97. The summed E-state index contributed by atoms with van der Waals surface area (Å²) in [5.74, 6) is 0. The molecule has 21 heavy (non-hydrogen) atoms. The van der Waals surface area contributed by atoms with Crippen LogP contribution in [0.4, 0.5) is 4.79 Å². The molecule has 0 aromatic heterocycles. The van der Waals surface area contributed by atoms with Gasteiger partial charge in [-0.15, -0.1) is 0 Å². The summed E-state index contributed by atoms with van der Waals surface area (Å²) in [6.07, 6.45) is 1.91. The normalized spacial score (nSPS) is 28.2. The van der Waals surface area contributed by atoms with Gasteiger partial charge in [-0.3, -0.25) is 0 Å². The van der Waals surface area contributed by atoms with Crippen LogP contribution in [0.25, 0.3) is 0 Å². The van der Waals surface area contributed by atoms with Crippen molar-refractivity contribution in [1.82, 2.24) is 15.5 Å². The van der Waals surface area contributed by atoms with Crippen molar-refractivity contribution in [2.45, 2.75) is 77.1 Å². The molecule has 2 saturated heterocycles. The summed E-state index contributed by atoms with van der Waals surface area (Å²) in [5.41, 5.74) is -0.157. The van der Waals surface area contributed by atoms with Crippen molar-refractivity contribution in [2.24, 2.45) is 0 Å². The Balaban J connectivity index is 1.96. The summed E-state index contributed by atoms with van der Waals surface area (Å²) in [5, 5.41) is 6.87. The van der Waals surface area contributed by atoms with Crippen LogP contribution < -0.4 is 10.6 Å². The van der Waals surface area contributed by atoms with Crippen LogP contribution in [0.3, 0.4) is 0 Å². The molecule has 2 aliphatic rings. The second kappa shape index (κ2) is 5.43. The number of ether oxygens (including phenoxy) is 1. The topological polar surface area (TPSA) is 53.6 Å². The monoisotopic (exact) mass is 297 g/mol. The van der Waals surface area contributed by atoms with E-state index in [1.807, 2.05) is 18.7 Å². The predicted octanol–water partition coefficient (Wildman–Crippen LogP) is 2.12. The number of nitrogens with zero attached hydrogens (tertiary/aromatic N) is 1. The first kappa shape index (κ1) is 16.6. The molecule has 0 aromatic carbocycles. The average molecular weight is 297 g/mol. The Hall–Kier alpha value is -0.810. The third-order valence-electron chi connectivity index (χ3n) is 4.23. The number of urea groups is 1. The van der Waals surface area contributed by atoms with Crippen molar-refractivity contribution in [3.63, 3.8) is 0 Å². The van der Waals surface area contributed by atoms with Gasteiger partial charge in [-0.05, 0) is 54.4 Å². The van der Waals surface area contributed by atoms with Crippen molar-refractivity contribution >= 4 is 6.03 Å². The summed E-state index contributed by atoms with van der Waals surface area (Å²) in [6.45, 7) is 14.8. The minimum absolute atomic E-state index is 0.0456. The summed E-state index contributed by atoms with van der Waals surface area (Å²) in [7, 11) is 0. The van der Waals surface area contributed by atoms with Gasteiger partial charge < -0.3 is 20.3 Å². The maximum absolute atomic E-state index is 12.5. The lowest BCUT2D eigenvalue weighted by Gasteiger charge is -2.47. The van der Waals surface area contributed by atoms with E-state index in [0.717, 1.165) is 12.8 Å². The van der Waals surface area contributed by atoms with Gasteiger partial charge in [0.1, 0.15) is 0 Å². The highest BCUT2D eigenvalue weighted by atomic mass is 16.5. The molecule has 2 rings (SSSR count). The van der Waals surface area contributed by atoms with Crippen molar-refractivity contribution < 1.29 is 9.53 Å². The summed E-state index contributed by atoms with van der Waals surface area (Å²) >= 11 is 0. The van der Waals surface area contributed by atoms with E-state index in [0.29, 0.717) is 19.7 Å². The standard InChI is InChI=1S/C16H31N3O2/c1-14(2)9-12(10-15(3,4)18-14)17-13(20)19-7-8-21-16(5,6)11-19/h12,18H,7-11H2,1-6H3,(H,17,20). The Morgan fingerprint density at radius 1 is 1.14 bits per heavy atom. The minimum atomic E-state index is -0.248. The predicted molar refractivity (Wildman–Crippen MR) is 84.5 cm³/mol. The molecule has 2 aliphatic heterocycles. The van der Waals surface area contributed by atoms with Crippen LogP contribution in [0.5, 0.6) is 0 Å². The highest BCUT2D eigenvalue weighted by molar-refractivity contribution is 5.74. The zero-order chi connectivity index (χ0) is 15.9. The van der Waals surface area contributed by atoms with Crippen LogP contribution in [-0.2, 0) is 4.74 Å². The SMILES string of the molecule is CC1(C)CC(NC(=O)N2CCOC(C)(C)C2)CC(C)(C)N1. The molecule has 2 amide bonds. The molecule has 122 valence electrons. The highest BCUT2D eigenvalue weighted by Gasteiger charge is 2.39. The van der Waals surface area contributed by atoms with Crippen LogP contribution in [0.2, 0.25) is 0 Å². The Morgan fingerprint density at radius 2 is 1.71 bits per heavy atom. The van der Waals surface area contributed by atoms with E-state index in [1.165, 1.54) is 0 Å². The number of carbonyl (C=O) groups is 1. The van der Waals surface area contributed by atoms with Crippen LogP contribution in [-0.4, -0.2) is 53.3 Å². The lowest BCUT2D eigenvalue weighted by Crippen LogP contribution is -2.63. The van der Waals surface area contributed by atoms with Crippen LogP contribution >= 0.6 is 0 Å². The molecule has 0 saturated carbocycles. The van der Waals surface area contributed by atoms with E-state index in [-0.39, 0.29) is 28.8 Å². The fourth-order valence-corrected chi connectivity index (χ4v) is 3.88. The third-order valence-corrected chi connectivity index (χ3v) is 4.23. The van der Waals surface area contributed by atoms with E-state index in [2.05, 4.69) is 38.3 Å². The summed E-state index contributed by atoms with van der Waals surface area (Å²) in [6, 6.07) is 0.264. The first-order chi connectivity index (χ1) is 9.48. The van der Waals surface area contributed by atoms with E-state index >= 15 is 0 Å². The van der Waals surface area contributed by atoms with Crippen LogP contribution in [0.15, 0.2) is 0 Å². The van der Waals surface area contributed by atoms with Crippen molar-refractivity contribution in [2.75, 3.05) is 19.7 Å². The molecule has 0 bridgehead atoms. The third kappa shape index (κ3) is 4.58. The fourth-order valence-electron chi connectivity index (χ4n) is 3.88. The average Bonchev–Trinajstić information content (AvgIpc) is 2.22. The van der Waals surface area contributed by atoms with Gasteiger partial charge in [0.15, 0.2) is 0 Å². The lowest BCUT2D eigenvalue weighted by molar-refractivity contribution is -0.0738. The number of morpholine rings is 1. The van der Waals surface area contributed by atoms with Gasteiger partial charge >= 0.3 is 6.03 Å². The van der Waals surface area contributed by atoms with Gasteiger partial charge in [0.2, 0.25) is 0 Å². The molecule has 5 nitrogen and oxygen atoms in total. The number of hydrogen-bond acceptors (Lipinski definition) is 3. The molecule has 5 heteroatoms. The Morgan fingerprint density at radius 3 is 2.24 bits per heavy atom. The molecule has 0 radical (unpaired) electrons. The molecule has 0 spiro atoms. The molecule has 2 fully saturated rings. The smallest absolute Gasteiger partial charge is 0.317 e. The van der Waals surface area contributed by atoms with Crippen LogP contribution in [0, 0.1) is 0 Å². The lowest BCUT2D eigenvalue weighted by atomic mass is 9.79. The molecule has 0 atom stereocenters. The molecule has 0 aromatic rings.